The molecule has 0 aliphatic rings. The standard InChI is InChI=1S/C42H67O9P/c1-3-5-7-9-11-13-15-17-19-21-23-25-27-29-31-33-35-48-38-41(39-50-52(46,47)49-37-40(44)36-43)51-42(45)34-32-30-28-26-24-22-20-18-16-14-12-10-8-6-4-2/h5-8,11-14,17-20,23-26,29,31,40-41,43-44H,3-4,9-10,15-16,21-22,27-28,30,32-39H2,1-2H3,(H,46,47)/b7-5-,8-6-,13-11-,14-12-,19-17-,20-18-,25-23-,26-24-,31-29-. The van der Waals surface area contributed by atoms with Crippen molar-refractivity contribution in [3.8, 4) is 0 Å². The predicted molar refractivity (Wildman–Crippen MR) is 214 cm³/mol. The number of allylic oxidation sites excluding steroid dienone is 17. The van der Waals surface area contributed by atoms with Crippen molar-refractivity contribution in [2.24, 2.45) is 0 Å². The lowest BCUT2D eigenvalue weighted by Gasteiger charge is -2.20. The number of hydrogen-bond donors (Lipinski definition) is 3. The summed E-state index contributed by atoms with van der Waals surface area (Å²) >= 11 is 0. The van der Waals surface area contributed by atoms with Crippen molar-refractivity contribution in [2.45, 2.75) is 116 Å². The van der Waals surface area contributed by atoms with Gasteiger partial charge in [-0.2, -0.15) is 0 Å². The van der Waals surface area contributed by atoms with Gasteiger partial charge in [-0.15, -0.1) is 0 Å². The normalized spacial score (nSPS) is 15.4. The van der Waals surface area contributed by atoms with Crippen LogP contribution < -0.4 is 0 Å². The van der Waals surface area contributed by atoms with E-state index in [1.807, 2.05) is 6.08 Å². The number of hydrogen-bond acceptors (Lipinski definition) is 8. The highest BCUT2D eigenvalue weighted by atomic mass is 31.2. The Kier molecular flexibility index (Phi) is 35.8. The van der Waals surface area contributed by atoms with Crippen molar-refractivity contribution in [1.29, 1.82) is 0 Å². The Morgan fingerprint density at radius 3 is 1.48 bits per heavy atom. The van der Waals surface area contributed by atoms with E-state index in [0.29, 0.717) is 19.4 Å². The number of phosphoric ester groups is 1. The van der Waals surface area contributed by atoms with Crippen molar-refractivity contribution in [3.05, 3.63) is 109 Å². The first-order chi connectivity index (χ1) is 25.3. The van der Waals surface area contributed by atoms with Crippen molar-refractivity contribution >= 4 is 13.8 Å². The van der Waals surface area contributed by atoms with Gasteiger partial charge in [0.25, 0.3) is 0 Å². The molecule has 0 saturated heterocycles. The third-order valence-electron chi connectivity index (χ3n) is 6.97. The minimum Gasteiger partial charge on any atom is -0.457 e. The highest BCUT2D eigenvalue weighted by Crippen LogP contribution is 2.43. The van der Waals surface area contributed by atoms with Gasteiger partial charge in [0, 0.05) is 6.42 Å². The molecule has 0 radical (unpaired) electrons. The van der Waals surface area contributed by atoms with Crippen LogP contribution in [0.2, 0.25) is 0 Å². The Balaban J connectivity index is 4.48. The summed E-state index contributed by atoms with van der Waals surface area (Å²) in [5.74, 6) is -0.454. The number of aliphatic hydroxyl groups is 2. The molecule has 0 aliphatic heterocycles. The van der Waals surface area contributed by atoms with Gasteiger partial charge in [0.2, 0.25) is 0 Å². The van der Waals surface area contributed by atoms with Gasteiger partial charge in [-0.25, -0.2) is 4.57 Å². The summed E-state index contributed by atoms with van der Waals surface area (Å²) in [6.07, 6.45) is 47.9. The van der Waals surface area contributed by atoms with Crippen LogP contribution >= 0.6 is 7.82 Å². The highest BCUT2D eigenvalue weighted by Gasteiger charge is 2.26. The number of carbonyl (C=O) groups is 1. The van der Waals surface area contributed by atoms with Crippen LogP contribution in [0, 0.1) is 0 Å². The lowest BCUT2D eigenvalue weighted by molar-refractivity contribution is -0.154. The number of phosphoric acid groups is 1. The molecule has 0 rings (SSSR count). The van der Waals surface area contributed by atoms with E-state index < -0.39 is 45.8 Å². The monoisotopic (exact) mass is 746 g/mol. The Morgan fingerprint density at radius 2 is 1.02 bits per heavy atom. The van der Waals surface area contributed by atoms with E-state index in [9.17, 15) is 19.4 Å². The number of ether oxygens (including phenoxy) is 2. The maximum atomic E-state index is 12.5. The average Bonchev–Trinajstić information content (AvgIpc) is 3.13. The molecule has 0 spiro atoms. The third-order valence-corrected chi connectivity index (χ3v) is 7.92. The van der Waals surface area contributed by atoms with E-state index in [2.05, 4.69) is 117 Å². The summed E-state index contributed by atoms with van der Waals surface area (Å²) < 4.78 is 33.1. The van der Waals surface area contributed by atoms with Gasteiger partial charge in [-0.1, -0.05) is 123 Å². The lowest BCUT2D eigenvalue weighted by atomic mass is 10.2. The van der Waals surface area contributed by atoms with Gasteiger partial charge in [0.05, 0.1) is 33.0 Å². The van der Waals surface area contributed by atoms with Gasteiger partial charge in [-0.05, 0) is 83.5 Å². The van der Waals surface area contributed by atoms with E-state index in [4.69, 9.17) is 23.6 Å². The van der Waals surface area contributed by atoms with E-state index in [1.165, 1.54) is 0 Å². The number of esters is 1. The van der Waals surface area contributed by atoms with E-state index in [1.54, 1.807) is 0 Å². The van der Waals surface area contributed by atoms with Crippen LogP contribution in [-0.4, -0.2) is 66.3 Å². The molecule has 3 atom stereocenters. The van der Waals surface area contributed by atoms with E-state index in [-0.39, 0.29) is 13.0 Å². The Hall–Kier alpha value is -2.88. The third kappa shape index (κ3) is 36.9. The molecule has 294 valence electrons. The number of rotatable bonds is 34. The summed E-state index contributed by atoms with van der Waals surface area (Å²) in [6.45, 7) is 2.94. The van der Waals surface area contributed by atoms with Crippen LogP contribution in [0.15, 0.2) is 109 Å². The second-order valence-corrected chi connectivity index (χ2v) is 13.3. The van der Waals surface area contributed by atoms with Gasteiger partial charge in [0.1, 0.15) is 12.2 Å². The fraction of sp³-hybridized carbons (Fsp3) is 0.548. The molecular weight excluding hydrogens is 679 g/mol. The second kappa shape index (κ2) is 37.9. The van der Waals surface area contributed by atoms with Gasteiger partial charge in [-0.3, -0.25) is 13.8 Å². The molecule has 0 fully saturated rings. The average molecular weight is 747 g/mol. The smallest absolute Gasteiger partial charge is 0.457 e. The fourth-order valence-corrected chi connectivity index (χ4v) is 4.96. The Bertz CT molecular complexity index is 1160. The second-order valence-electron chi connectivity index (χ2n) is 11.8. The molecule has 0 aromatic heterocycles. The van der Waals surface area contributed by atoms with Crippen LogP contribution in [0.3, 0.4) is 0 Å². The molecule has 10 heteroatoms. The molecule has 3 unspecified atom stereocenters. The van der Waals surface area contributed by atoms with Crippen molar-refractivity contribution in [1.82, 2.24) is 0 Å². The molecule has 52 heavy (non-hydrogen) atoms. The van der Waals surface area contributed by atoms with Gasteiger partial charge in [0.15, 0.2) is 0 Å². The zero-order valence-corrected chi connectivity index (χ0v) is 32.6. The van der Waals surface area contributed by atoms with Crippen LogP contribution in [0.1, 0.15) is 104 Å². The van der Waals surface area contributed by atoms with Crippen molar-refractivity contribution < 1.29 is 43.0 Å². The number of carbonyl (C=O) groups excluding carboxylic acids is 1. The zero-order chi connectivity index (χ0) is 38.2. The molecule has 0 aromatic carbocycles. The lowest BCUT2D eigenvalue weighted by Crippen LogP contribution is -2.29. The molecule has 0 amide bonds. The Labute approximate surface area is 314 Å². The first-order valence-corrected chi connectivity index (χ1v) is 20.4. The summed E-state index contributed by atoms with van der Waals surface area (Å²) in [7, 11) is -4.55. The predicted octanol–water partition coefficient (Wildman–Crippen LogP) is 9.91. The number of unbranched alkanes of at least 4 members (excludes halogenated alkanes) is 2. The quantitative estimate of drug-likeness (QED) is 0.0255. The van der Waals surface area contributed by atoms with Crippen molar-refractivity contribution in [3.63, 3.8) is 0 Å². The minimum atomic E-state index is -4.55. The topological polar surface area (TPSA) is 132 Å². The largest absolute Gasteiger partial charge is 0.472 e. The number of aliphatic hydroxyl groups excluding tert-OH is 2. The molecular formula is C42H67O9P. The van der Waals surface area contributed by atoms with Crippen molar-refractivity contribution in [2.75, 3.05) is 33.0 Å². The minimum absolute atomic E-state index is 0.0301. The summed E-state index contributed by atoms with van der Waals surface area (Å²) in [4.78, 5) is 22.5. The van der Waals surface area contributed by atoms with E-state index >= 15 is 0 Å². The Morgan fingerprint density at radius 1 is 0.596 bits per heavy atom. The molecule has 0 saturated carbocycles. The highest BCUT2D eigenvalue weighted by molar-refractivity contribution is 7.47. The van der Waals surface area contributed by atoms with Crippen LogP contribution in [0.4, 0.5) is 0 Å². The SMILES string of the molecule is CC/C=C\C/C=C\C/C=C\C/C=C\C/C=C\CCOCC(COP(=O)(O)OCC(O)CO)OC(=O)CCCC/C=C\C/C=C\C/C=C\C/C=C\CC. The van der Waals surface area contributed by atoms with Gasteiger partial charge >= 0.3 is 13.8 Å². The molecule has 3 N–H and O–H groups in total. The summed E-state index contributed by atoms with van der Waals surface area (Å²) in [5, 5.41) is 18.3. The zero-order valence-electron chi connectivity index (χ0n) is 31.7. The first kappa shape index (κ1) is 49.1. The van der Waals surface area contributed by atoms with Crippen LogP contribution in [0.5, 0.6) is 0 Å². The van der Waals surface area contributed by atoms with Crippen LogP contribution in [-0.2, 0) is 27.9 Å². The molecule has 0 aromatic rings. The van der Waals surface area contributed by atoms with E-state index in [0.717, 1.165) is 70.6 Å². The first-order valence-electron chi connectivity index (χ1n) is 18.9. The summed E-state index contributed by atoms with van der Waals surface area (Å²) in [5.41, 5.74) is 0. The van der Waals surface area contributed by atoms with Gasteiger partial charge < -0.3 is 24.6 Å². The molecule has 0 heterocycles. The fourth-order valence-electron chi connectivity index (χ4n) is 4.17. The maximum Gasteiger partial charge on any atom is 0.472 e. The summed E-state index contributed by atoms with van der Waals surface area (Å²) in [6, 6.07) is 0. The molecule has 9 nitrogen and oxygen atoms in total. The maximum absolute atomic E-state index is 12.5. The molecule has 0 aliphatic carbocycles. The molecule has 0 bridgehead atoms. The van der Waals surface area contributed by atoms with Crippen LogP contribution in [0.25, 0.3) is 0 Å².